The minimum Gasteiger partial charge on any atom is -0.347 e. The third-order valence-electron chi connectivity index (χ3n) is 5.09. The van der Waals surface area contributed by atoms with Gasteiger partial charge in [0.15, 0.2) is 11.6 Å². The molecule has 0 spiro atoms. The number of aromatic nitrogens is 3. The summed E-state index contributed by atoms with van der Waals surface area (Å²) >= 11 is 1.35. The molecular formula is C22H22N4OS. The van der Waals surface area contributed by atoms with E-state index in [0.717, 1.165) is 16.9 Å². The number of hydrogen-bond donors (Lipinski definition) is 1. The zero-order valence-corrected chi connectivity index (χ0v) is 17.0. The minimum absolute atomic E-state index is 0.0544. The van der Waals surface area contributed by atoms with Crippen molar-refractivity contribution in [3.05, 3.63) is 71.9 Å². The number of hydrogen-bond acceptors (Lipinski definition) is 5. The summed E-state index contributed by atoms with van der Waals surface area (Å²) in [6, 6.07) is 18.1. The van der Waals surface area contributed by atoms with E-state index in [4.69, 9.17) is 0 Å². The first-order valence-corrected chi connectivity index (χ1v) is 10.1. The summed E-state index contributed by atoms with van der Waals surface area (Å²) in [4.78, 5) is 19.2. The van der Waals surface area contributed by atoms with Crippen LogP contribution in [0.25, 0.3) is 11.4 Å². The van der Waals surface area contributed by atoms with E-state index in [1.165, 1.54) is 17.3 Å². The van der Waals surface area contributed by atoms with Gasteiger partial charge in [-0.3, -0.25) is 9.89 Å². The molecule has 0 bridgehead atoms. The normalized spacial score (nSPS) is 16.4. The van der Waals surface area contributed by atoms with Crippen molar-refractivity contribution in [2.24, 2.45) is 0 Å². The van der Waals surface area contributed by atoms with Crippen molar-refractivity contribution in [3.63, 3.8) is 0 Å². The highest BCUT2D eigenvalue weighted by Crippen LogP contribution is 2.46. The largest absolute Gasteiger partial charge is 0.347 e. The molecule has 1 N–H and O–H groups in total. The molecule has 0 saturated heterocycles. The molecule has 3 aromatic rings. The predicted molar refractivity (Wildman–Crippen MR) is 114 cm³/mol. The number of ketones is 1. The van der Waals surface area contributed by atoms with Gasteiger partial charge in [-0.2, -0.15) is 0 Å². The lowest BCUT2D eigenvalue weighted by molar-refractivity contribution is -0.112. The molecule has 0 radical (unpaired) electrons. The Kier molecular flexibility index (Phi) is 4.81. The van der Waals surface area contributed by atoms with Gasteiger partial charge in [0.25, 0.3) is 0 Å². The molecule has 28 heavy (non-hydrogen) atoms. The van der Waals surface area contributed by atoms with Gasteiger partial charge in [0.1, 0.15) is 0 Å². The van der Waals surface area contributed by atoms with Crippen LogP contribution in [0.1, 0.15) is 19.4 Å². The number of H-pyrrole nitrogens is 1. The highest BCUT2D eigenvalue weighted by atomic mass is 32.2. The molecule has 0 aliphatic carbocycles. The van der Waals surface area contributed by atoms with Crippen LogP contribution in [0.3, 0.4) is 0 Å². The molecule has 2 heterocycles. The lowest BCUT2D eigenvalue weighted by Gasteiger charge is -2.23. The number of nitrogens with zero attached hydrogens (tertiary/aromatic N) is 3. The maximum atomic E-state index is 12.6. The maximum Gasteiger partial charge on any atom is 0.209 e. The molecule has 6 heteroatoms. The number of carbonyl (C=O) groups excluding carboxylic acids is 1. The Labute approximate surface area is 168 Å². The van der Waals surface area contributed by atoms with E-state index in [1.807, 2.05) is 49.5 Å². The van der Waals surface area contributed by atoms with Crippen LogP contribution in [0.2, 0.25) is 0 Å². The number of benzene rings is 2. The van der Waals surface area contributed by atoms with Crippen molar-refractivity contribution in [1.82, 2.24) is 15.2 Å². The van der Waals surface area contributed by atoms with Gasteiger partial charge in [0.2, 0.25) is 5.16 Å². The van der Waals surface area contributed by atoms with Gasteiger partial charge in [-0.05, 0) is 11.6 Å². The SMILES string of the molecule is CN1/C(=C\C(=O)CSc2n[nH]c(-c3ccccc3)n2)C(C)(C)c2ccccc21. The number of thioether (sulfide) groups is 1. The van der Waals surface area contributed by atoms with Crippen LogP contribution in [-0.4, -0.2) is 33.8 Å². The molecule has 1 aliphatic heterocycles. The van der Waals surface area contributed by atoms with E-state index in [9.17, 15) is 4.79 Å². The summed E-state index contributed by atoms with van der Waals surface area (Å²) in [5, 5.41) is 7.73. The topological polar surface area (TPSA) is 61.9 Å². The van der Waals surface area contributed by atoms with Crippen LogP contribution in [-0.2, 0) is 10.2 Å². The molecular weight excluding hydrogens is 368 g/mol. The number of nitrogens with one attached hydrogen (secondary N) is 1. The molecule has 0 saturated carbocycles. The Morgan fingerprint density at radius 3 is 2.61 bits per heavy atom. The van der Waals surface area contributed by atoms with Crippen molar-refractivity contribution in [2.75, 3.05) is 17.7 Å². The molecule has 5 nitrogen and oxygen atoms in total. The molecule has 142 valence electrons. The van der Waals surface area contributed by atoms with Crippen LogP contribution >= 0.6 is 11.8 Å². The number of fused-ring (bicyclic) bond motifs is 1. The first kappa shape index (κ1) is 18.5. The van der Waals surface area contributed by atoms with Gasteiger partial charge in [-0.15, -0.1) is 5.10 Å². The summed E-state index contributed by atoms with van der Waals surface area (Å²) in [5.74, 6) is 1.07. The van der Waals surface area contributed by atoms with Gasteiger partial charge >= 0.3 is 0 Å². The maximum absolute atomic E-state index is 12.6. The molecule has 0 atom stereocenters. The summed E-state index contributed by atoms with van der Waals surface area (Å²) in [6.45, 7) is 4.31. The Morgan fingerprint density at radius 2 is 1.86 bits per heavy atom. The van der Waals surface area contributed by atoms with E-state index in [1.54, 1.807) is 6.08 Å². The standard InChI is InChI=1S/C22H22N4OS/c1-22(2)17-11-7-8-12-18(17)26(3)19(22)13-16(27)14-28-21-23-20(24-25-21)15-9-5-4-6-10-15/h4-13H,14H2,1-3H3,(H,23,24,25)/b19-13-. The quantitative estimate of drug-likeness (QED) is 0.515. The van der Waals surface area contributed by atoms with Gasteiger partial charge in [-0.1, -0.05) is 74.1 Å². The second kappa shape index (κ2) is 7.28. The number of carbonyl (C=O) groups is 1. The number of allylic oxidation sites excluding steroid dienone is 2. The number of rotatable bonds is 5. The van der Waals surface area contributed by atoms with Crippen molar-refractivity contribution < 1.29 is 4.79 Å². The second-order valence-electron chi connectivity index (χ2n) is 7.32. The molecule has 1 aliphatic rings. The first-order chi connectivity index (χ1) is 13.5. The van der Waals surface area contributed by atoms with E-state index in [-0.39, 0.29) is 11.2 Å². The molecule has 0 amide bonds. The average molecular weight is 391 g/mol. The Hall–Kier alpha value is -2.86. The lowest BCUT2D eigenvalue weighted by atomic mass is 9.83. The van der Waals surface area contributed by atoms with Crippen molar-refractivity contribution in [1.29, 1.82) is 0 Å². The second-order valence-corrected chi connectivity index (χ2v) is 8.26. The Bertz CT molecular complexity index is 1040. The van der Waals surface area contributed by atoms with Crippen LogP contribution in [0.5, 0.6) is 0 Å². The number of likely N-dealkylation sites (N-methyl/N-ethyl adjacent to an activating group) is 1. The van der Waals surface area contributed by atoms with Crippen molar-refractivity contribution in [3.8, 4) is 11.4 Å². The van der Waals surface area contributed by atoms with Gasteiger partial charge in [0.05, 0.1) is 5.75 Å². The Balaban J connectivity index is 1.46. The zero-order valence-electron chi connectivity index (χ0n) is 16.1. The smallest absolute Gasteiger partial charge is 0.209 e. The summed E-state index contributed by atoms with van der Waals surface area (Å²) in [7, 11) is 2.02. The monoisotopic (exact) mass is 390 g/mol. The van der Waals surface area contributed by atoms with Crippen LogP contribution in [0, 0.1) is 0 Å². The predicted octanol–water partition coefficient (Wildman–Crippen LogP) is 4.44. The fourth-order valence-electron chi connectivity index (χ4n) is 3.62. The molecule has 0 unspecified atom stereocenters. The average Bonchev–Trinajstić information content (AvgIpc) is 3.25. The van der Waals surface area contributed by atoms with Gasteiger partial charge in [-0.25, -0.2) is 4.98 Å². The van der Waals surface area contributed by atoms with Gasteiger partial charge in [0, 0.05) is 35.5 Å². The highest BCUT2D eigenvalue weighted by Gasteiger charge is 2.38. The minimum atomic E-state index is -0.198. The van der Waals surface area contributed by atoms with E-state index in [0.29, 0.717) is 16.7 Å². The fourth-order valence-corrected chi connectivity index (χ4v) is 4.25. The molecule has 0 fully saturated rings. The third-order valence-corrected chi connectivity index (χ3v) is 5.96. The summed E-state index contributed by atoms with van der Waals surface area (Å²) in [6.07, 6.45) is 1.76. The van der Waals surface area contributed by atoms with Crippen molar-refractivity contribution >= 4 is 23.2 Å². The highest BCUT2D eigenvalue weighted by molar-refractivity contribution is 7.99. The Morgan fingerprint density at radius 1 is 1.14 bits per heavy atom. The van der Waals surface area contributed by atoms with Crippen LogP contribution < -0.4 is 4.90 Å². The van der Waals surface area contributed by atoms with Crippen LogP contribution in [0.4, 0.5) is 5.69 Å². The number of aromatic amines is 1. The summed E-state index contributed by atoms with van der Waals surface area (Å²) in [5.41, 5.74) is 4.18. The lowest BCUT2D eigenvalue weighted by Crippen LogP contribution is -2.24. The summed E-state index contributed by atoms with van der Waals surface area (Å²) < 4.78 is 0. The van der Waals surface area contributed by atoms with Crippen molar-refractivity contribution in [2.45, 2.75) is 24.4 Å². The van der Waals surface area contributed by atoms with Crippen LogP contribution in [0.15, 0.2) is 71.5 Å². The van der Waals surface area contributed by atoms with E-state index < -0.39 is 0 Å². The van der Waals surface area contributed by atoms with Gasteiger partial charge < -0.3 is 4.90 Å². The first-order valence-electron chi connectivity index (χ1n) is 9.15. The number of anilines is 1. The molecule has 4 rings (SSSR count). The third kappa shape index (κ3) is 3.36. The number of para-hydroxylation sites is 1. The zero-order chi connectivity index (χ0) is 19.7. The molecule has 1 aromatic heterocycles. The fraction of sp³-hybridized carbons (Fsp3) is 0.227. The molecule has 2 aromatic carbocycles. The van der Waals surface area contributed by atoms with E-state index >= 15 is 0 Å². The van der Waals surface area contributed by atoms with E-state index in [2.05, 4.69) is 46.1 Å².